The van der Waals surface area contributed by atoms with Gasteiger partial charge >= 0.3 is 0 Å². The van der Waals surface area contributed by atoms with Crippen molar-refractivity contribution in [2.75, 3.05) is 24.3 Å². The molecule has 0 spiro atoms. The molecule has 0 aliphatic carbocycles. The molecule has 1 amide bonds. The molecule has 0 fully saturated rings. The van der Waals surface area contributed by atoms with E-state index in [4.69, 9.17) is 10.5 Å². The van der Waals surface area contributed by atoms with Gasteiger partial charge in [-0.1, -0.05) is 19.1 Å². The molecule has 0 radical (unpaired) electrons. The number of hydrogen-bond donors (Lipinski definition) is 2. The van der Waals surface area contributed by atoms with Crippen molar-refractivity contribution in [2.24, 2.45) is 0 Å². The number of nitrogens with one attached hydrogen (secondary N) is 1. The average Bonchev–Trinajstić information content (AvgIpc) is 2.87. The molecule has 1 aromatic heterocycles. The van der Waals surface area contributed by atoms with Crippen molar-refractivity contribution >= 4 is 28.1 Å². The SMILES string of the molecule is CCCOCC(=O)Nc1nc(-c2cccc(N)c2)cs1. The number of carbonyl (C=O) groups is 1. The summed E-state index contributed by atoms with van der Waals surface area (Å²) in [6, 6.07) is 7.48. The predicted octanol–water partition coefficient (Wildman–Crippen LogP) is 2.76. The Bertz CT molecular complexity index is 583. The monoisotopic (exact) mass is 291 g/mol. The Hall–Kier alpha value is -1.92. The minimum atomic E-state index is -0.188. The van der Waals surface area contributed by atoms with E-state index < -0.39 is 0 Å². The third-order valence-corrected chi connectivity index (χ3v) is 3.27. The van der Waals surface area contributed by atoms with Crippen LogP contribution in [0.25, 0.3) is 11.3 Å². The van der Waals surface area contributed by atoms with Gasteiger partial charge in [-0.2, -0.15) is 0 Å². The van der Waals surface area contributed by atoms with Crippen LogP contribution in [0.1, 0.15) is 13.3 Å². The van der Waals surface area contributed by atoms with Crippen LogP contribution in [-0.2, 0) is 9.53 Å². The van der Waals surface area contributed by atoms with E-state index in [0.717, 1.165) is 17.7 Å². The van der Waals surface area contributed by atoms with Crippen LogP contribution in [0, 0.1) is 0 Å². The summed E-state index contributed by atoms with van der Waals surface area (Å²) in [5.74, 6) is -0.188. The minimum absolute atomic E-state index is 0.0566. The number of hydrogen-bond acceptors (Lipinski definition) is 5. The Morgan fingerprint density at radius 2 is 2.35 bits per heavy atom. The Morgan fingerprint density at radius 3 is 3.10 bits per heavy atom. The first kappa shape index (κ1) is 14.5. The summed E-state index contributed by atoms with van der Waals surface area (Å²) in [5.41, 5.74) is 8.16. The van der Waals surface area contributed by atoms with E-state index in [1.54, 1.807) is 0 Å². The molecule has 2 rings (SSSR count). The average molecular weight is 291 g/mol. The summed E-state index contributed by atoms with van der Waals surface area (Å²) >= 11 is 1.38. The van der Waals surface area contributed by atoms with Crippen LogP contribution in [0.2, 0.25) is 0 Å². The fraction of sp³-hybridized carbons (Fsp3) is 0.286. The number of anilines is 2. The molecule has 1 aromatic carbocycles. The van der Waals surface area contributed by atoms with Crippen LogP contribution in [0.5, 0.6) is 0 Å². The lowest BCUT2D eigenvalue weighted by molar-refractivity contribution is -0.120. The molecular formula is C14H17N3O2S. The van der Waals surface area contributed by atoms with Gasteiger partial charge in [0.1, 0.15) is 6.61 Å². The van der Waals surface area contributed by atoms with Crippen molar-refractivity contribution in [1.82, 2.24) is 4.98 Å². The highest BCUT2D eigenvalue weighted by Crippen LogP contribution is 2.25. The topological polar surface area (TPSA) is 77.2 Å². The Morgan fingerprint density at radius 1 is 1.50 bits per heavy atom. The van der Waals surface area contributed by atoms with Crippen molar-refractivity contribution < 1.29 is 9.53 Å². The maximum atomic E-state index is 11.6. The fourth-order valence-electron chi connectivity index (χ4n) is 1.63. The van der Waals surface area contributed by atoms with Crippen molar-refractivity contribution in [3.05, 3.63) is 29.6 Å². The molecule has 0 aliphatic heterocycles. The number of ether oxygens (including phenoxy) is 1. The quantitative estimate of drug-likeness (QED) is 0.633. The summed E-state index contributed by atoms with van der Waals surface area (Å²) < 4.78 is 5.17. The van der Waals surface area contributed by atoms with Crippen LogP contribution in [0.15, 0.2) is 29.6 Å². The molecule has 0 bridgehead atoms. The molecule has 6 heteroatoms. The highest BCUT2D eigenvalue weighted by atomic mass is 32.1. The summed E-state index contributed by atoms with van der Waals surface area (Å²) in [7, 11) is 0. The van der Waals surface area contributed by atoms with Crippen LogP contribution >= 0.6 is 11.3 Å². The van der Waals surface area contributed by atoms with Gasteiger partial charge in [0.2, 0.25) is 0 Å². The second-order valence-electron chi connectivity index (χ2n) is 4.26. The van der Waals surface area contributed by atoms with Crippen molar-refractivity contribution in [3.8, 4) is 11.3 Å². The van der Waals surface area contributed by atoms with E-state index in [-0.39, 0.29) is 12.5 Å². The number of nitrogens with zero attached hydrogens (tertiary/aromatic N) is 1. The molecule has 0 atom stereocenters. The first-order valence-corrected chi connectivity index (χ1v) is 7.26. The van der Waals surface area contributed by atoms with Gasteiger partial charge in [-0.25, -0.2) is 4.98 Å². The Balaban J connectivity index is 1.97. The van der Waals surface area contributed by atoms with Gasteiger partial charge in [0.05, 0.1) is 5.69 Å². The zero-order chi connectivity index (χ0) is 14.4. The molecule has 5 nitrogen and oxygen atoms in total. The highest BCUT2D eigenvalue weighted by molar-refractivity contribution is 7.14. The Kier molecular flexibility index (Phi) is 5.09. The minimum Gasteiger partial charge on any atom is -0.399 e. The van der Waals surface area contributed by atoms with E-state index >= 15 is 0 Å². The molecule has 3 N–H and O–H groups in total. The second-order valence-corrected chi connectivity index (χ2v) is 5.12. The normalized spacial score (nSPS) is 10.4. The number of amides is 1. The lowest BCUT2D eigenvalue weighted by Crippen LogP contribution is -2.18. The van der Waals surface area contributed by atoms with E-state index in [1.807, 2.05) is 36.6 Å². The molecule has 1 heterocycles. The summed E-state index contributed by atoms with van der Waals surface area (Å²) in [6.07, 6.45) is 0.893. The van der Waals surface area contributed by atoms with Crippen molar-refractivity contribution in [1.29, 1.82) is 0 Å². The van der Waals surface area contributed by atoms with Crippen molar-refractivity contribution in [2.45, 2.75) is 13.3 Å². The largest absolute Gasteiger partial charge is 0.399 e. The smallest absolute Gasteiger partial charge is 0.252 e. The molecule has 106 valence electrons. The third kappa shape index (κ3) is 4.04. The number of rotatable bonds is 6. The van der Waals surface area contributed by atoms with Gasteiger partial charge < -0.3 is 10.5 Å². The van der Waals surface area contributed by atoms with Crippen LogP contribution in [-0.4, -0.2) is 24.1 Å². The zero-order valence-electron chi connectivity index (χ0n) is 11.3. The molecule has 0 unspecified atom stereocenters. The van der Waals surface area contributed by atoms with Crippen molar-refractivity contribution in [3.63, 3.8) is 0 Å². The zero-order valence-corrected chi connectivity index (χ0v) is 12.1. The first-order valence-electron chi connectivity index (χ1n) is 6.38. The van der Waals surface area contributed by atoms with Gasteiger partial charge in [0.15, 0.2) is 5.13 Å². The van der Waals surface area contributed by atoms with Gasteiger partial charge in [-0.05, 0) is 18.6 Å². The maximum absolute atomic E-state index is 11.6. The summed E-state index contributed by atoms with van der Waals surface area (Å²) in [4.78, 5) is 16.0. The van der Waals surface area contributed by atoms with E-state index in [1.165, 1.54) is 11.3 Å². The fourth-order valence-corrected chi connectivity index (χ4v) is 2.36. The van der Waals surface area contributed by atoms with Crippen LogP contribution in [0.4, 0.5) is 10.8 Å². The number of nitrogen functional groups attached to an aromatic ring is 1. The Labute approximate surface area is 121 Å². The predicted molar refractivity (Wildman–Crippen MR) is 81.7 cm³/mol. The van der Waals surface area contributed by atoms with Crippen LogP contribution in [0.3, 0.4) is 0 Å². The second kappa shape index (κ2) is 7.02. The number of thiazole rings is 1. The molecule has 0 saturated carbocycles. The highest BCUT2D eigenvalue weighted by Gasteiger charge is 2.08. The molecule has 0 saturated heterocycles. The van der Waals surface area contributed by atoms with Gasteiger partial charge in [-0.3, -0.25) is 10.1 Å². The number of aromatic nitrogens is 1. The molecular weight excluding hydrogens is 274 g/mol. The standard InChI is InChI=1S/C14H17N3O2S/c1-2-6-19-8-13(18)17-14-16-12(9-20-14)10-4-3-5-11(15)7-10/h3-5,7,9H,2,6,8,15H2,1H3,(H,16,17,18). The lowest BCUT2D eigenvalue weighted by atomic mass is 10.1. The molecule has 0 aliphatic rings. The number of carbonyl (C=O) groups excluding carboxylic acids is 1. The lowest BCUT2D eigenvalue weighted by Gasteiger charge is -2.02. The molecule has 20 heavy (non-hydrogen) atoms. The third-order valence-electron chi connectivity index (χ3n) is 2.51. The summed E-state index contributed by atoms with van der Waals surface area (Å²) in [5, 5.41) is 5.17. The van der Waals surface area contributed by atoms with Gasteiger partial charge in [-0.15, -0.1) is 11.3 Å². The number of benzene rings is 1. The summed E-state index contributed by atoms with van der Waals surface area (Å²) in [6.45, 7) is 2.64. The maximum Gasteiger partial charge on any atom is 0.252 e. The van der Waals surface area contributed by atoms with Gasteiger partial charge in [0.25, 0.3) is 5.91 Å². The van der Waals surface area contributed by atoms with E-state index in [0.29, 0.717) is 17.4 Å². The van der Waals surface area contributed by atoms with Gasteiger partial charge in [0, 0.05) is 23.2 Å². The molecule has 2 aromatic rings. The van der Waals surface area contributed by atoms with E-state index in [9.17, 15) is 4.79 Å². The first-order chi connectivity index (χ1) is 9.69. The number of nitrogens with two attached hydrogens (primary N) is 1. The van der Waals surface area contributed by atoms with Crippen LogP contribution < -0.4 is 11.1 Å². The van der Waals surface area contributed by atoms with E-state index in [2.05, 4.69) is 10.3 Å².